The van der Waals surface area contributed by atoms with Crippen LogP contribution in [0.1, 0.15) is 15.9 Å². The van der Waals surface area contributed by atoms with Gasteiger partial charge in [-0.15, -0.1) is 0 Å². The highest BCUT2D eigenvalue weighted by atomic mass is 35.5. The van der Waals surface area contributed by atoms with E-state index in [2.05, 4.69) is 9.61 Å². The van der Waals surface area contributed by atoms with Crippen molar-refractivity contribution in [3.8, 4) is 0 Å². The number of carbonyl (C=O) groups is 1. The first-order chi connectivity index (χ1) is 6.27. The number of rotatable bonds is 3. The standard InChI is InChI=1S/C9H10ClNO2/c1-11-6-7-2-4-8(5-3-7)9(12)13-10/h2-5,11H,6H2,1H3. The highest BCUT2D eigenvalue weighted by Crippen LogP contribution is 2.06. The van der Waals surface area contributed by atoms with Gasteiger partial charge in [-0.25, -0.2) is 4.79 Å². The van der Waals surface area contributed by atoms with Gasteiger partial charge in [0.1, 0.15) is 11.9 Å². The lowest BCUT2D eigenvalue weighted by atomic mass is 10.1. The first-order valence-electron chi connectivity index (χ1n) is 3.84. The Kier molecular flexibility index (Phi) is 3.73. The van der Waals surface area contributed by atoms with Gasteiger partial charge >= 0.3 is 5.97 Å². The SMILES string of the molecule is CNCc1ccc(C(=O)OCl)cc1. The molecule has 0 radical (unpaired) electrons. The van der Waals surface area contributed by atoms with Crippen molar-refractivity contribution < 1.29 is 9.08 Å². The van der Waals surface area contributed by atoms with Gasteiger partial charge in [0.25, 0.3) is 0 Å². The summed E-state index contributed by atoms with van der Waals surface area (Å²) >= 11 is 4.93. The second-order valence-electron chi connectivity index (χ2n) is 2.59. The van der Waals surface area contributed by atoms with Gasteiger partial charge in [-0.05, 0) is 24.7 Å². The van der Waals surface area contributed by atoms with Crippen LogP contribution < -0.4 is 5.32 Å². The molecule has 0 aliphatic carbocycles. The van der Waals surface area contributed by atoms with Crippen LogP contribution in [-0.4, -0.2) is 13.0 Å². The molecule has 0 fully saturated rings. The molecule has 13 heavy (non-hydrogen) atoms. The van der Waals surface area contributed by atoms with E-state index in [4.69, 9.17) is 11.9 Å². The smallest absolute Gasteiger partial charge is 0.343 e. The van der Waals surface area contributed by atoms with E-state index in [1.54, 1.807) is 12.1 Å². The Balaban J connectivity index is 2.75. The molecule has 3 nitrogen and oxygen atoms in total. The number of carbonyl (C=O) groups excluding carboxylic acids is 1. The van der Waals surface area contributed by atoms with Crippen molar-refractivity contribution in [3.63, 3.8) is 0 Å². The minimum absolute atomic E-state index is 0.454. The Bertz CT molecular complexity index is 284. The normalized spacial score (nSPS) is 9.69. The quantitative estimate of drug-likeness (QED) is 0.806. The first-order valence-corrected chi connectivity index (χ1v) is 4.15. The Labute approximate surface area is 81.8 Å². The number of nitrogens with one attached hydrogen (secondary N) is 1. The maximum absolute atomic E-state index is 10.9. The lowest BCUT2D eigenvalue weighted by molar-refractivity contribution is 0.0751. The molecule has 1 N–H and O–H groups in total. The fourth-order valence-electron chi connectivity index (χ4n) is 1.01. The van der Waals surface area contributed by atoms with E-state index in [-0.39, 0.29) is 0 Å². The Morgan fingerprint density at radius 3 is 2.54 bits per heavy atom. The minimum atomic E-state index is -0.530. The maximum Gasteiger partial charge on any atom is 0.356 e. The summed E-state index contributed by atoms with van der Waals surface area (Å²) in [5.41, 5.74) is 1.56. The van der Waals surface area contributed by atoms with Crippen molar-refractivity contribution in [1.82, 2.24) is 5.32 Å². The van der Waals surface area contributed by atoms with E-state index >= 15 is 0 Å². The topological polar surface area (TPSA) is 38.3 Å². The highest BCUT2D eigenvalue weighted by Gasteiger charge is 2.04. The molecule has 0 heterocycles. The fourth-order valence-corrected chi connectivity index (χ4v) is 1.10. The molecular formula is C9H10ClNO2. The average molecular weight is 200 g/mol. The lowest BCUT2D eigenvalue weighted by Gasteiger charge is -2.00. The van der Waals surface area contributed by atoms with Crippen LogP contribution in [0.5, 0.6) is 0 Å². The van der Waals surface area contributed by atoms with Crippen LogP contribution in [-0.2, 0) is 10.8 Å². The van der Waals surface area contributed by atoms with Crippen molar-refractivity contribution >= 4 is 17.8 Å². The zero-order valence-electron chi connectivity index (χ0n) is 7.21. The largest absolute Gasteiger partial charge is 0.356 e. The molecule has 0 bridgehead atoms. The van der Waals surface area contributed by atoms with E-state index in [1.165, 1.54) is 0 Å². The molecule has 0 aliphatic heterocycles. The van der Waals surface area contributed by atoms with E-state index in [9.17, 15) is 4.79 Å². The number of hydrogen-bond acceptors (Lipinski definition) is 3. The summed E-state index contributed by atoms with van der Waals surface area (Å²) in [6.45, 7) is 0.774. The van der Waals surface area contributed by atoms with Crippen molar-refractivity contribution in [1.29, 1.82) is 0 Å². The summed E-state index contributed by atoms with van der Waals surface area (Å²) in [7, 11) is 1.86. The summed E-state index contributed by atoms with van der Waals surface area (Å²) in [4.78, 5) is 10.9. The van der Waals surface area contributed by atoms with Gasteiger partial charge in [0.05, 0.1) is 5.56 Å². The molecule has 1 aromatic carbocycles. The molecule has 4 heteroatoms. The molecule has 0 saturated carbocycles. The molecule has 0 unspecified atom stereocenters. The molecule has 0 amide bonds. The zero-order valence-corrected chi connectivity index (χ0v) is 7.97. The van der Waals surface area contributed by atoms with Crippen LogP contribution in [0.15, 0.2) is 24.3 Å². The third-order valence-corrected chi connectivity index (χ3v) is 1.78. The van der Waals surface area contributed by atoms with Crippen molar-refractivity contribution in [2.24, 2.45) is 0 Å². The van der Waals surface area contributed by atoms with Crippen LogP contribution in [0.25, 0.3) is 0 Å². The Morgan fingerprint density at radius 2 is 2.08 bits per heavy atom. The second kappa shape index (κ2) is 4.84. The Morgan fingerprint density at radius 1 is 1.46 bits per heavy atom. The van der Waals surface area contributed by atoms with Gasteiger partial charge < -0.3 is 9.61 Å². The van der Waals surface area contributed by atoms with E-state index in [0.29, 0.717) is 5.56 Å². The maximum atomic E-state index is 10.9. The summed E-state index contributed by atoms with van der Waals surface area (Å²) in [5, 5.41) is 3.00. The number of benzene rings is 1. The predicted octanol–water partition coefficient (Wildman–Crippen LogP) is 1.72. The summed E-state index contributed by atoms with van der Waals surface area (Å²) in [6, 6.07) is 7.05. The molecule has 0 aliphatic rings. The van der Waals surface area contributed by atoms with Crippen molar-refractivity contribution in [2.45, 2.75) is 6.54 Å². The Hall–Kier alpha value is -1.06. The predicted molar refractivity (Wildman–Crippen MR) is 50.5 cm³/mol. The monoisotopic (exact) mass is 199 g/mol. The third-order valence-electron chi connectivity index (χ3n) is 1.64. The van der Waals surface area contributed by atoms with Crippen LogP contribution in [0.3, 0.4) is 0 Å². The molecule has 0 aromatic heterocycles. The van der Waals surface area contributed by atoms with Crippen LogP contribution in [0.4, 0.5) is 0 Å². The summed E-state index contributed by atoms with van der Waals surface area (Å²) in [5.74, 6) is -0.530. The van der Waals surface area contributed by atoms with Crippen molar-refractivity contribution in [2.75, 3.05) is 7.05 Å². The van der Waals surface area contributed by atoms with Gasteiger partial charge in [-0.2, -0.15) is 0 Å². The molecule has 0 atom stereocenters. The summed E-state index contributed by atoms with van der Waals surface area (Å²) < 4.78 is 4.05. The number of halogens is 1. The highest BCUT2D eigenvalue weighted by molar-refractivity contribution is 6.15. The fraction of sp³-hybridized carbons (Fsp3) is 0.222. The zero-order chi connectivity index (χ0) is 9.68. The third kappa shape index (κ3) is 2.72. The van der Waals surface area contributed by atoms with Crippen LogP contribution in [0, 0.1) is 0 Å². The second-order valence-corrected chi connectivity index (χ2v) is 2.75. The van der Waals surface area contributed by atoms with Crippen molar-refractivity contribution in [3.05, 3.63) is 35.4 Å². The molecule has 70 valence electrons. The lowest BCUT2D eigenvalue weighted by Crippen LogP contribution is -2.05. The van der Waals surface area contributed by atoms with Crippen LogP contribution >= 0.6 is 11.9 Å². The minimum Gasteiger partial charge on any atom is -0.343 e. The van der Waals surface area contributed by atoms with Gasteiger partial charge in [-0.1, -0.05) is 12.1 Å². The molecule has 0 saturated heterocycles. The average Bonchev–Trinajstić information content (AvgIpc) is 2.18. The van der Waals surface area contributed by atoms with Crippen LogP contribution in [0.2, 0.25) is 0 Å². The molecule has 1 aromatic rings. The molecule has 1 rings (SSSR count). The van der Waals surface area contributed by atoms with E-state index < -0.39 is 5.97 Å². The van der Waals surface area contributed by atoms with Gasteiger partial charge in [0.2, 0.25) is 0 Å². The number of hydrogen-bond donors (Lipinski definition) is 1. The molecular weight excluding hydrogens is 190 g/mol. The van der Waals surface area contributed by atoms with E-state index in [0.717, 1.165) is 12.1 Å². The van der Waals surface area contributed by atoms with Gasteiger partial charge in [0, 0.05) is 6.54 Å². The summed E-state index contributed by atoms with van der Waals surface area (Å²) in [6.07, 6.45) is 0. The van der Waals surface area contributed by atoms with Gasteiger partial charge in [-0.3, -0.25) is 0 Å². The first kappa shape index (κ1) is 10.0. The van der Waals surface area contributed by atoms with Gasteiger partial charge in [0.15, 0.2) is 0 Å². The van der Waals surface area contributed by atoms with E-state index in [1.807, 2.05) is 19.2 Å². The molecule has 0 spiro atoms.